The predicted octanol–water partition coefficient (Wildman–Crippen LogP) is 8.02. The standard InChI is InChI=1S/C17H20N2O2.C13H23BO4.C10H9ClN2O/c1-11(20)14-7-13-8-15(18-10-16(13)19-9-14)5-6-17(3,4)12(2)21;1-11(2,10(15)16-7)8-9-14-17-12(3,4)13(5,6)18-14;1-6(14)8-2-7-3-10(11)13-5-9(7)12-4-8/h5-11,20H,1-4H3;8-9H,1-7H3;2-6,14H,1H3/b6-5+;9-8+;/t11-;;6-/m1.1/s1. The second-order valence-corrected chi connectivity index (χ2v) is 15.6. The van der Waals surface area contributed by atoms with Crippen molar-refractivity contribution < 1.29 is 33.8 Å². The fraction of sp³-hybridized carbons (Fsp3) is 0.450. The molecule has 0 aromatic carbocycles. The summed E-state index contributed by atoms with van der Waals surface area (Å²) in [7, 11) is 0.950. The van der Waals surface area contributed by atoms with Crippen molar-refractivity contribution >= 4 is 58.4 Å². The second kappa shape index (κ2) is 17.4. The second-order valence-electron chi connectivity index (χ2n) is 15.2. The summed E-state index contributed by atoms with van der Waals surface area (Å²) in [6, 6.07) is 7.40. The molecule has 13 heteroatoms. The highest BCUT2D eigenvalue weighted by Crippen LogP contribution is 2.37. The molecule has 0 bridgehead atoms. The number of hydrogen-bond acceptors (Lipinski definition) is 11. The molecule has 1 aliphatic rings. The minimum Gasteiger partial charge on any atom is -0.468 e. The molecule has 4 aromatic rings. The molecule has 1 saturated heterocycles. The van der Waals surface area contributed by atoms with Crippen LogP contribution in [0.4, 0.5) is 0 Å². The van der Waals surface area contributed by atoms with E-state index >= 15 is 0 Å². The lowest BCUT2D eigenvalue weighted by Gasteiger charge is -2.32. The number of esters is 1. The largest absolute Gasteiger partial charge is 0.486 e. The van der Waals surface area contributed by atoms with Crippen LogP contribution in [0.25, 0.3) is 27.9 Å². The van der Waals surface area contributed by atoms with Gasteiger partial charge in [0.2, 0.25) is 0 Å². The van der Waals surface area contributed by atoms with Crippen LogP contribution < -0.4 is 0 Å². The van der Waals surface area contributed by atoms with Crippen LogP contribution in [0.2, 0.25) is 5.15 Å². The molecule has 2 atom stereocenters. The number of ketones is 1. The van der Waals surface area contributed by atoms with Gasteiger partial charge in [0, 0.05) is 28.6 Å². The molecule has 0 saturated carbocycles. The number of aliphatic hydroxyl groups is 2. The third-order valence-corrected chi connectivity index (χ3v) is 9.57. The van der Waals surface area contributed by atoms with Crippen LogP contribution in [0.15, 0.2) is 67.2 Å². The van der Waals surface area contributed by atoms with Crippen LogP contribution in [0.3, 0.4) is 0 Å². The lowest BCUT2D eigenvalue weighted by molar-refractivity contribution is -0.148. The van der Waals surface area contributed by atoms with Crippen LogP contribution in [0.5, 0.6) is 0 Å². The molecule has 284 valence electrons. The summed E-state index contributed by atoms with van der Waals surface area (Å²) in [5.74, 6) is 1.60. The maximum atomic E-state index is 11.5. The van der Waals surface area contributed by atoms with Gasteiger partial charge in [-0.2, -0.15) is 0 Å². The number of fused-ring (bicyclic) bond motifs is 2. The Bertz CT molecular complexity index is 1960. The number of carbonyl (C=O) groups excluding carboxylic acids is 2. The van der Waals surface area contributed by atoms with Gasteiger partial charge in [0.05, 0.1) is 65.1 Å². The van der Waals surface area contributed by atoms with Gasteiger partial charge in [0.25, 0.3) is 0 Å². The van der Waals surface area contributed by atoms with Crippen molar-refractivity contribution in [3.8, 4) is 0 Å². The number of allylic oxidation sites excluding steroid dienone is 1. The maximum absolute atomic E-state index is 11.5. The molecule has 1 fully saturated rings. The normalized spacial score (nSPS) is 16.5. The average Bonchev–Trinajstić information content (AvgIpc) is 3.30. The van der Waals surface area contributed by atoms with Crippen LogP contribution in [0.1, 0.15) is 105 Å². The Balaban J connectivity index is 0.000000218. The van der Waals surface area contributed by atoms with Gasteiger partial charge >= 0.3 is 13.1 Å². The zero-order valence-corrected chi connectivity index (χ0v) is 33.5. The van der Waals surface area contributed by atoms with E-state index in [-0.39, 0.29) is 23.0 Å². The smallest absolute Gasteiger partial charge is 0.468 e. The minimum atomic E-state index is -0.682. The first-order valence-electron chi connectivity index (χ1n) is 17.3. The summed E-state index contributed by atoms with van der Waals surface area (Å²) in [6.45, 7) is 20.3. The third kappa shape index (κ3) is 11.7. The fourth-order valence-electron chi connectivity index (χ4n) is 4.66. The number of carbonyl (C=O) groups is 2. The van der Waals surface area contributed by atoms with Gasteiger partial charge in [-0.25, -0.2) is 4.98 Å². The SMILES string of the molecule is CC(=O)C(C)(C)/C=C/c1cc2cc([C@@H](C)O)cnc2cn1.COC(=O)C(C)(C)/C=C/B1OC(C)(C)C(C)(C)O1.C[C@@H](O)c1cnc2cnc(Cl)cc2c1. The number of halogens is 1. The van der Waals surface area contributed by atoms with Crippen LogP contribution in [0, 0.1) is 10.8 Å². The van der Waals surface area contributed by atoms with E-state index < -0.39 is 30.2 Å². The maximum Gasteiger partial charge on any atom is 0.486 e. The van der Waals surface area contributed by atoms with Crippen LogP contribution in [-0.4, -0.2) is 67.3 Å². The van der Waals surface area contributed by atoms with Gasteiger partial charge < -0.3 is 24.3 Å². The van der Waals surface area contributed by atoms with E-state index in [0.717, 1.165) is 38.6 Å². The Morgan fingerprint density at radius 3 is 1.75 bits per heavy atom. The Morgan fingerprint density at radius 2 is 1.28 bits per heavy atom. The number of methoxy groups -OCH3 is 1. The van der Waals surface area contributed by atoms with Crippen LogP contribution in [-0.2, 0) is 23.6 Å². The third-order valence-electron chi connectivity index (χ3n) is 9.36. The number of hydrogen-bond donors (Lipinski definition) is 2. The van der Waals surface area contributed by atoms with E-state index in [0.29, 0.717) is 5.15 Å². The number of nitrogens with zero attached hydrogens (tertiary/aromatic N) is 4. The summed E-state index contributed by atoms with van der Waals surface area (Å²) in [4.78, 5) is 39.7. The van der Waals surface area contributed by atoms with Gasteiger partial charge in [0.15, 0.2) is 0 Å². The quantitative estimate of drug-likeness (QED) is 0.102. The van der Waals surface area contributed by atoms with Crippen LogP contribution >= 0.6 is 11.6 Å². The zero-order valence-electron chi connectivity index (χ0n) is 32.8. The van der Waals surface area contributed by atoms with Gasteiger partial charge in [-0.1, -0.05) is 29.7 Å². The molecule has 0 amide bonds. The average molecular weight is 747 g/mol. The van der Waals surface area contributed by atoms with Crippen molar-refractivity contribution in [1.29, 1.82) is 0 Å². The van der Waals surface area contributed by atoms with Crippen molar-refractivity contribution in [1.82, 2.24) is 19.9 Å². The fourth-order valence-corrected chi connectivity index (χ4v) is 4.83. The number of Topliss-reactive ketones (excluding diaryl/α,β-unsaturated/α-hetero) is 1. The molecule has 0 unspecified atom stereocenters. The number of ether oxygens (including phenoxy) is 1. The van der Waals surface area contributed by atoms with Gasteiger partial charge in [-0.15, -0.1) is 0 Å². The van der Waals surface area contributed by atoms with E-state index in [1.807, 2.05) is 71.9 Å². The Hall–Kier alpha value is -4.07. The highest BCUT2D eigenvalue weighted by Gasteiger charge is 2.50. The molecule has 0 aliphatic carbocycles. The summed E-state index contributed by atoms with van der Waals surface area (Å²) < 4.78 is 16.4. The molecular formula is C40H52BClN4O7. The lowest BCUT2D eigenvalue weighted by atomic mass is 9.83. The lowest BCUT2D eigenvalue weighted by Crippen LogP contribution is -2.41. The summed E-state index contributed by atoms with van der Waals surface area (Å²) in [5.41, 5.74) is 1.96. The van der Waals surface area contributed by atoms with E-state index in [2.05, 4.69) is 19.9 Å². The highest BCUT2D eigenvalue weighted by molar-refractivity contribution is 6.51. The molecule has 5 heterocycles. The van der Waals surface area contributed by atoms with Gasteiger partial charge in [-0.3, -0.25) is 24.5 Å². The molecule has 11 nitrogen and oxygen atoms in total. The minimum absolute atomic E-state index is 0.109. The molecule has 4 aromatic heterocycles. The van der Waals surface area contributed by atoms with Crippen molar-refractivity contribution in [3.63, 3.8) is 0 Å². The summed E-state index contributed by atoms with van der Waals surface area (Å²) >= 11 is 5.75. The summed E-state index contributed by atoms with van der Waals surface area (Å²) in [6.07, 6.45) is 11.0. The topological polar surface area (TPSA) is 154 Å². The molecule has 53 heavy (non-hydrogen) atoms. The first kappa shape index (κ1) is 43.3. The van der Waals surface area contributed by atoms with Gasteiger partial charge in [0.1, 0.15) is 10.9 Å². The van der Waals surface area contributed by atoms with E-state index in [1.54, 1.807) is 77.5 Å². The highest BCUT2D eigenvalue weighted by atomic mass is 35.5. The van der Waals surface area contributed by atoms with E-state index in [1.165, 1.54) is 7.11 Å². The zero-order chi connectivity index (χ0) is 39.9. The van der Waals surface area contributed by atoms with E-state index in [9.17, 15) is 19.8 Å². The predicted molar refractivity (Wildman–Crippen MR) is 210 cm³/mol. The number of rotatable bonds is 8. The van der Waals surface area contributed by atoms with Crippen molar-refractivity contribution in [2.75, 3.05) is 7.11 Å². The number of aliphatic hydroxyl groups excluding tert-OH is 2. The molecule has 1 aliphatic heterocycles. The van der Waals surface area contributed by atoms with Crippen molar-refractivity contribution in [3.05, 3.63) is 89.2 Å². The molecule has 5 rings (SSSR count). The molecule has 0 spiro atoms. The number of pyridine rings is 4. The Labute approximate surface area is 318 Å². The molecular weight excluding hydrogens is 695 g/mol. The molecule has 0 radical (unpaired) electrons. The summed E-state index contributed by atoms with van der Waals surface area (Å²) in [5, 5.41) is 21.2. The Morgan fingerprint density at radius 1 is 0.792 bits per heavy atom. The van der Waals surface area contributed by atoms with Gasteiger partial charge in [-0.05, 0) is 118 Å². The van der Waals surface area contributed by atoms with E-state index in [4.69, 9.17) is 25.6 Å². The van der Waals surface area contributed by atoms with Crippen molar-refractivity contribution in [2.45, 2.75) is 99.6 Å². The molecule has 2 N–H and O–H groups in total. The first-order chi connectivity index (χ1) is 24.5. The number of aromatic nitrogens is 4. The monoisotopic (exact) mass is 746 g/mol. The van der Waals surface area contributed by atoms with Crippen molar-refractivity contribution in [2.24, 2.45) is 10.8 Å². The first-order valence-corrected chi connectivity index (χ1v) is 17.7. The Kier molecular flexibility index (Phi) is 14.2.